The molecule has 1 N–H and O–H groups in total. The van der Waals surface area contributed by atoms with Crippen LogP contribution in [-0.2, 0) is 4.79 Å². The summed E-state index contributed by atoms with van der Waals surface area (Å²) >= 11 is 12.7. The van der Waals surface area contributed by atoms with Crippen molar-refractivity contribution in [1.29, 1.82) is 0 Å². The number of hydrogen-bond donors (Lipinski definition) is 1. The number of nitrogens with one attached hydrogen (secondary N) is 1. The van der Waals surface area contributed by atoms with Gasteiger partial charge in [0, 0.05) is 34.0 Å². The van der Waals surface area contributed by atoms with Gasteiger partial charge in [-0.3, -0.25) is 4.79 Å². The van der Waals surface area contributed by atoms with Crippen LogP contribution in [0.4, 0.5) is 0 Å². The molecular weight excluding hydrogens is 329 g/mol. The van der Waals surface area contributed by atoms with Gasteiger partial charge < -0.3 is 5.32 Å². The summed E-state index contributed by atoms with van der Waals surface area (Å²) in [6.07, 6.45) is 0. The predicted molar refractivity (Wildman–Crippen MR) is 94.9 cm³/mol. The fourth-order valence-corrected chi connectivity index (χ4v) is 3.90. The molecule has 1 aliphatic rings. The van der Waals surface area contributed by atoms with Crippen LogP contribution in [0.1, 0.15) is 37.1 Å². The van der Waals surface area contributed by atoms with Crippen molar-refractivity contribution in [2.45, 2.75) is 25.9 Å². The maximum atomic E-state index is 12.8. The van der Waals surface area contributed by atoms with Crippen molar-refractivity contribution >= 4 is 29.0 Å². The Morgan fingerprint density at radius 1 is 0.783 bits per heavy atom. The van der Waals surface area contributed by atoms with E-state index in [0.29, 0.717) is 10.0 Å². The van der Waals surface area contributed by atoms with E-state index in [4.69, 9.17) is 23.2 Å². The van der Waals surface area contributed by atoms with Crippen LogP contribution in [0.25, 0.3) is 0 Å². The molecule has 0 saturated carbocycles. The molecule has 4 atom stereocenters. The van der Waals surface area contributed by atoms with Gasteiger partial charge in [0.25, 0.3) is 0 Å². The second-order valence-corrected chi connectivity index (χ2v) is 6.96. The van der Waals surface area contributed by atoms with Gasteiger partial charge in [-0.1, -0.05) is 73.4 Å². The third-order valence-electron chi connectivity index (χ3n) is 4.74. The highest BCUT2D eigenvalue weighted by atomic mass is 35.5. The van der Waals surface area contributed by atoms with Gasteiger partial charge in [0.05, 0.1) is 0 Å². The van der Waals surface area contributed by atoms with Crippen LogP contribution in [-0.4, -0.2) is 5.78 Å². The van der Waals surface area contributed by atoms with Gasteiger partial charge in [-0.2, -0.15) is 0 Å². The largest absolute Gasteiger partial charge is 0.302 e. The molecule has 23 heavy (non-hydrogen) atoms. The van der Waals surface area contributed by atoms with Crippen LogP contribution in [0.2, 0.25) is 10.0 Å². The van der Waals surface area contributed by atoms with E-state index in [1.54, 1.807) is 0 Å². The lowest BCUT2D eigenvalue weighted by molar-refractivity contribution is -0.130. The summed E-state index contributed by atoms with van der Waals surface area (Å²) in [5.74, 6) is -0.0362. The smallest absolute Gasteiger partial charge is 0.142 e. The molecule has 1 saturated heterocycles. The number of halogens is 2. The molecule has 1 aliphatic heterocycles. The fraction of sp³-hybridized carbons (Fsp3) is 0.316. The average Bonchev–Trinajstić information content (AvgIpc) is 2.55. The van der Waals surface area contributed by atoms with E-state index in [2.05, 4.69) is 5.32 Å². The van der Waals surface area contributed by atoms with Gasteiger partial charge in [-0.25, -0.2) is 0 Å². The molecule has 0 radical (unpaired) electrons. The molecule has 1 heterocycles. The molecule has 0 aliphatic carbocycles. The highest BCUT2D eigenvalue weighted by Crippen LogP contribution is 2.41. The lowest BCUT2D eigenvalue weighted by atomic mass is 9.76. The predicted octanol–water partition coefficient (Wildman–Crippen LogP) is 5.22. The van der Waals surface area contributed by atoms with Crippen molar-refractivity contribution in [2.24, 2.45) is 11.8 Å². The summed E-state index contributed by atoms with van der Waals surface area (Å²) in [6, 6.07) is 15.1. The molecule has 0 unspecified atom stereocenters. The van der Waals surface area contributed by atoms with E-state index in [1.165, 1.54) is 0 Å². The Hall–Kier alpha value is -1.35. The van der Waals surface area contributed by atoms with Crippen LogP contribution >= 0.6 is 23.2 Å². The number of carbonyl (C=O) groups excluding carboxylic acids is 1. The quantitative estimate of drug-likeness (QED) is 0.806. The third kappa shape index (κ3) is 3.03. The molecule has 2 aromatic rings. The summed E-state index contributed by atoms with van der Waals surface area (Å²) in [7, 11) is 0. The second kappa shape index (κ2) is 6.64. The SMILES string of the molecule is C[C@@H]1C(=O)[C@H](C)[C@H](c2ccccc2Cl)N[C@@H]1c1ccccc1Cl. The maximum Gasteiger partial charge on any atom is 0.142 e. The van der Waals surface area contributed by atoms with Crippen molar-refractivity contribution in [1.82, 2.24) is 5.32 Å². The minimum Gasteiger partial charge on any atom is -0.302 e. The topological polar surface area (TPSA) is 29.1 Å². The first-order valence-electron chi connectivity index (χ1n) is 7.79. The lowest BCUT2D eigenvalue weighted by Crippen LogP contribution is -2.46. The Morgan fingerprint density at radius 3 is 1.57 bits per heavy atom. The second-order valence-electron chi connectivity index (χ2n) is 6.14. The molecule has 0 aromatic heterocycles. The summed E-state index contributed by atoms with van der Waals surface area (Å²) in [6.45, 7) is 3.92. The molecule has 2 aromatic carbocycles. The molecule has 0 bridgehead atoms. The Bertz CT molecular complexity index is 671. The highest BCUT2D eigenvalue weighted by Gasteiger charge is 2.41. The Kier molecular flexibility index (Phi) is 4.77. The number of ketones is 1. The zero-order valence-corrected chi connectivity index (χ0v) is 14.6. The summed E-state index contributed by atoms with van der Waals surface area (Å²) in [5, 5.41) is 4.96. The average molecular weight is 348 g/mol. The van der Waals surface area contributed by atoms with Crippen LogP contribution in [0.5, 0.6) is 0 Å². The summed E-state index contributed by atoms with van der Waals surface area (Å²) in [4.78, 5) is 12.8. The van der Waals surface area contributed by atoms with Crippen LogP contribution in [0.3, 0.4) is 0 Å². The molecule has 4 heteroatoms. The van der Waals surface area contributed by atoms with Gasteiger partial charge in [0.15, 0.2) is 0 Å². The van der Waals surface area contributed by atoms with Crippen molar-refractivity contribution < 1.29 is 4.79 Å². The van der Waals surface area contributed by atoms with Crippen molar-refractivity contribution in [2.75, 3.05) is 0 Å². The maximum absolute atomic E-state index is 12.8. The van der Waals surface area contributed by atoms with E-state index in [0.717, 1.165) is 11.1 Å². The molecular formula is C19H19Cl2NO. The van der Waals surface area contributed by atoms with Crippen LogP contribution in [0, 0.1) is 11.8 Å². The number of rotatable bonds is 2. The van der Waals surface area contributed by atoms with E-state index in [1.807, 2.05) is 62.4 Å². The normalized spacial score (nSPS) is 27.9. The summed E-state index contributed by atoms with van der Waals surface area (Å²) in [5.41, 5.74) is 1.91. The Labute approximate surface area is 146 Å². The highest BCUT2D eigenvalue weighted by molar-refractivity contribution is 6.31. The fourth-order valence-electron chi connectivity index (χ4n) is 3.40. The first-order valence-corrected chi connectivity index (χ1v) is 8.55. The number of carbonyl (C=O) groups is 1. The van der Waals surface area contributed by atoms with Gasteiger partial charge in [0.2, 0.25) is 0 Å². The molecule has 0 amide bonds. The first kappa shape index (κ1) is 16.5. The van der Waals surface area contributed by atoms with Crippen molar-refractivity contribution in [3.63, 3.8) is 0 Å². The molecule has 3 rings (SSSR count). The first-order chi connectivity index (χ1) is 11.0. The minimum absolute atomic E-state index is 0.117. The van der Waals surface area contributed by atoms with Crippen LogP contribution in [0.15, 0.2) is 48.5 Å². The molecule has 0 spiro atoms. The van der Waals surface area contributed by atoms with Crippen LogP contribution < -0.4 is 5.32 Å². The molecule has 2 nitrogen and oxygen atoms in total. The summed E-state index contributed by atoms with van der Waals surface area (Å²) < 4.78 is 0. The van der Waals surface area contributed by atoms with E-state index in [-0.39, 0.29) is 29.7 Å². The zero-order chi connectivity index (χ0) is 16.6. The number of Topliss-reactive ketones (excluding diaryl/α,β-unsaturated/α-hetero) is 1. The van der Waals surface area contributed by atoms with Crippen molar-refractivity contribution in [3.05, 3.63) is 69.7 Å². The van der Waals surface area contributed by atoms with Gasteiger partial charge in [-0.15, -0.1) is 0 Å². The van der Waals surface area contributed by atoms with E-state index in [9.17, 15) is 4.79 Å². The number of benzene rings is 2. The van der Waals surface area contributed by atoms with Gasteiger partial charge >= 0.3 is 0 Å². The monoisotopic (exact) mass is 347 g/mol. The number of piperidine rings is 1. The van der Waals surface area contributed by atoms with Gasteiger partial charge in [-0.05, 0) is 23.3 Å². The lowest BCUT2D eigenvalue weighted by Gasteiger charge is -2.40. The minimum atomic E-state index is -0.136. The Balaban J connectivity index is 2.02. The zero-order valence-electron chi connectivity index (χ0n) is 13.1. The molecule has 120 valence electrons. The standard InChI is InChI=1S/C19H19Cl2NO/c1-11-17(13-7-3-5-9-15(13)20)22-18(12(2)19(11)23)14-8-4-6-10-16(14)21/h3-12,17-18,22H,1-2H3/t11-,12+,17-,18+. The number of hydrogen-bond acceptors (Lipinski definition) is 2. The van der Waals surface area contributed by atoms with Gasteiger partial charge in [0.1, 0.15) is 5.78 Å². The molecule has 1 fully saturated rings. The third-order valence-corrected chi connectivity index (χ3v) is 5.43. The van der Waals surface area contributed by atoms with Crippen molar-refractivity contribution in [3.8, 4) is 0 Å². The van der Waals surface area contributed by atoms with E-state index >= 15 is 0 Å². The Morgan fingerprint density at radius 2 is 1.17 bits per heavy atom. The van der Waals surface area contributed by atoms with E-state index < -0.39 is 0 Å².